The summed E-state index contributed by atoms with van der Waals surface area (Å²) in [4.78, 5) is 29.4. The van der Waals surface area contributed by atoms with Gasteiger partial charge in [0.2, 0.25) is 5.91 Å². The lowest BCUT2D eigenvalue weighted by Crippen LogP contribution is -2.62. The van der Waals surface area contributed by atoms with E-state index in [1.807, 2.05) is 0 Å². The van der Waals surface area contributed by atoms with Gasteiger partial charge in [-0.2, -0.15) is 13.2 Å². The Kier molecular flexibility index (Phi) is 4.85. The van der Waals surface area contributed by atoms with Crippen LogP contribution in [0.15, 0.2) is 24.3 Å². The van der Waals surface area contributed by atoms with Crippen LogP contribution in [-0.4, -0.2) is 48.1 Å². The molecule has 5 nitrogen and oxygen atoms in total. The molecule has 1 saturated heterocycles. The lowest BCUT2D eigenvalue weighted by molar-refractivity contribution is -0.187. The fourth-order valence-corrected chi connectivity index (χ4v) is 4.86. The summed E-state index contributed by atoms with van der Waals surface area (Å²) >= 11 is 0. The number of halogens is 3. The van der Waals surface area contributed by atoms with Crippen molar-refractivity contribution in [3.8, 4) is 0 Å². The largest absolute Gasteiger partial charge is 0.393 e. The van der Waals surface area contributed by atoms with Crippen molar-refractivity contribution >= 4 is 23.2 Å². The SMILES string of the molecule is O=C(CN1CCCC(C(F)(F)F)C1)N1c2ccccc2NC(=O)C12CCCC2. The molecular formula is C20H24F3N3O2. The van der Waals surface area contributed by atoms with E-state index in [-0.39, 0.29) is 31.3 Å². The molecule has 0 aromatic heterocycles. The van der Waals surface area contributed by atoms with Crippen LogP contribution in [0.4, 0.5) is 24.5 Å². The van der Waals surface area contributed by atoms with Gasteiger partial charge in [0.15, 0.2) is 0 Å². The Balaban J connectivity index is 1.60. The highest BCUT2D eigenvalue weighted by molar-refractivity contribution is 6.15. The summed E-state index contributed by atoms with van der Waals surface area (Å²) < 4.78 is 39.4. The molecule has 2 fully saturated rings. The second kappa shape index (κ2) is 7.06. The molecule has 1 aromatic rings. The Hall–Kier alpha value is -2.09. The van der Waals surface area contributed by atoms with E-state index in [4.69, 9.17) is 0 Å². The fourth-order valence-electron chi connectivity index (χ4n) is 4.86. The van der Waals surface area contributed by atoms with E-state index in [2.05, 4.69) is 5.32 Å². The minimum absolute atomic E-state index is 0.101. The van der Waals surface area contributed by atoms with E-state index in [0.717, 1.165) is 12.8 Å². The van der Waals surface area contributed by atoms with Crippen LogP contribution in [0.25, 0.3) is 0 Å². The number of piperidine rings is 1. The number of nitrogens with one attached hydrogen (secondary N) is 1. The lowest BCUT2D eigenvalue weighted by atomic mass is 9.89. The molecule has 3 aliphatic rings. The number of nitrogens with zero attached hydrogens (tertiary/aromatic N) is 2. The third-order valence-electron chi connectivity index (χ3n) is 6.25. The van der Waals surface area contributed by atoms with Crippen molar-refractivity contribution < 1.29 is 22.8 Å². The summed E-state index contributed by atoms with van der Waals surface area (Å²) in [6.07, 6.45) is -0.884. The zero-order valence-corrected chi connectivity index (χ0v) is 15.6. The first-order chi connectivity index (χ1) is 13.3. The van der Waals surface area contributed by atoms with Crippen molar-refractivity contribution in [2.45, 2.75) is 50.2 Å². The Morgan fingerprint density at radius 3 is 2.61 bits per heavy atom. The van der Waals surface area contributed by atoms with Crippen LogP contribution in [0.3, 0.4) is 0 Å². The van der Waals surface area contributed by atoms with Crippen LogP contribution >= 0.6 is 0 Å². The molecule has 1 saturated carbocycles. The molecule has 1 unspecified atom stereocenters. The second-order valence-electron chi connectivity index (χ2n) is 8.05. The van der Waals surface area contributed by atoms with E-state index in [1.54, 1.807) is 34.1 Å². The maximum atomic E-state index is 13.3. The van der Waals surface area contributed by atoms with Gasteiger partial charge in [0.1, 0.15) is 5.54 Å². The number of amides is 2. The van der Waals surface area contributed by atoms with Gasteiger partial charge in [0.25, 0.3) is 5.91 Å². The van der Waals surface area contributed by atoms with E-state index in [1.165, 1.54) is 0 Å². The third kappa shape index (κ3) is 3.27. The predicted octanol–water partition coefficient (Wildman–Crippen LogP) is 3.56. The minimum atomic E-state index is -4.24. The first kappa shape index (κ1) is 19.2. The summed E-state index contributed by atoms with van der Waals surface area (Å²) in [6.45, 7) is 0.201. The molecule has 0 bridgehead atoms. The van der Waals surface area contributed by atoms with Gasteiger partial charge < -0.3 is 5.32 Å². The molecule has 4 rings (SSSR count). The topological polar surface area (TPSA) is 52.7 Å². The van der Waals surface area contributed by atoms with Crippen molar-refractivity contribution in [2.24, 2.45) is 5.92 Å². The number of rotatable bonds is 2. The summed E-state index contributed by atoms with van der Waals surface area (Å²) in [7, 11) is 0. The molecule has 1 N–H and O–H groups in total. The van der Waals surface area contributed by atoms with Gasteiger partial charge in [-0.1, -0.05) is 25.0 Å². The molecule has 28 heavy (non-hydrogen) atoms. The minimum Gasteiger partial charge on any atom is -0.322 e. The molecule has 2 aliphatic heterocycles. The van der Waals surface area contributed by atoms with E-state index in [9.17, 15) is 22.8 Å². The van der Waals surface area contributed by atoms with Gasteiger partial charge in [-0.05, 0) is 44.4 Å². The number of carbonyl (C=O) groups excluding carboxylic acids is 2. The third-order valence-corrected chi connectivity index (χ3v) is 6.25. The Morgan fingerprint density at radius 1 is 1.18 bits per heavy atom. The number of likely N-dealkylation sites (tertiary alicyclic amines) is 1. The number of anilines is 2. The van der Waals surface area contributed by atoms with Gasteiger partial charge in [-0.3, -0.25) is 19.4 Å². The van der Waals surface area contributed by atoms with Crippen molar-refractivity contribution in [3.63, 3.8) is 0 Å². The van der Waals surface area contributed by atoms with E-state index in [0.29, 0.717) is 37.2 Å². The molecule has 0 radical (unpaired) electrons. The van der Waals surface area contributed by atoms with Crippen LogP contribution < -0.4 is 10.2 Å². The maximum absolute atomic E-state index is 13.3. The molecular weight excluding hydrogens is 371 g/mol. The molecule has 2 heterocycles. The van der Waals surface area contributed by atoms with Gasteiger partial charge in [-0.25, -0.2) is 0 Å². The lowest BCUT2D eigenvalue weighted by Gasteiger charge is -2.45. The molecule has 1 atom stereocenters. The predicted molar refractivity (Wildman–Crippen MR) is 99.0 cm³/mol. The van der Waals surface area contributed by atoms with Gasteiger partial charge in [-0.15, -0.1) is 0 Å². The number of benzene rings is 1. The first-order valence-electron chi connectivity index (χ1n) is 9.84. The van der Waals surface area contributed by atoms with Crippen molar-refractivity contribution in [1.82, 2.24) is 4.90 Å². The smallest absolute Gasteiger partial charge is 0.322 e. The Bertz CT molecular complexity index is 774. The van der Waals surface area contributed by atoms with Gasteiger partial charge >= 0.3 is 6.18 Å². The van der Waals surface area contributed by atoms with E-state index >= 15 is 0 Å². The van der Waals surface area contributed by atoms with Gasteiger partial charge in [0, 0.05) is 6.54 Å². The van der Waals surface area contributed by atoms with Crippen LogP contribution in [0.1, 0.15) is 38.5 Å². The van der Waals surface area contributed by atoms with Crippen LogP contribution in [-0.2, 0) is 9.59 Å². The van der Waals surface area contributed by atoms with Crippen LogP contribution in [0.5, 0.6) is 0 Å². The molecule has 1 spiro atoms. The highest BCUT2D eigenvalue weighted by atomic mass is 19.4. The standard InChI is InChI=1S/C20H24F3N3O2/c21-20(22,23)14-6-5-11-25(12-14)13-17(27)26-16-8-2-1-7-15(16)24-18(28)19(26)9-3-4-10-19/h1-2,7-8,14H,3-6,9-13H2,(H,24,28). The summed E-state index contributed by atoms with van der Waals surface area (Å²) in [5.74, 6) is -1.89. The molecule has 2 amide bonds. The number of hydrogen-bond donors (Lipinski definition) is 1. The fraction of sp³-hybridized carbons (Fsp3) is 0.600. The van der Waals surface area contributed by atoms with Crippen LogP contribution in [0, 0.1) is 5.92 Å². The molecule has 8 heteroatoms. The Morgan fingerprint density at radius 2 is 1.89 bits per heavy atom. The first-order valence-corrected chi connectivity index (χ1v) is 9.84. The number of carbonyl (C=O) groups is 2. The molecule has 1 aromatic carbocycles. The number of alkyl halides is 3. The molecule has 1 aliphatic carbocycles. The van der Waals surface area contributed by atoms with E-state index < -0.39 is 17.6 Å². The summed E-state index contributed by atoms with van der Waals surface area (Å²) in [6, 6.07) is 7.13. The average molecular weight is 395 g/mol. The monoisotopic (exact) mass is 395 g/mol. The number of para-hydroxylation sites is 2. The zero-order valence-electron chi connectivity index (χ0n) is 15.6. The van der Waals surface area contributed by atoms with Crippen molar-refractivity contribution in [1.29, 1.82) is 0 Å². The Labute approximate surface area is 161 Å². The normalized spacial score (nSPS) is 24.9. The quantitative estimate of drug-likeness (QED) is 0.833. The summed E-state index contributed by atoms with van der Waals surface area (Å²) in [5.41, 5.74) is 0.286. The molecule has 152 valence electrons. The second-order valence-corrected chi connectivity index (χ2v) is 8.05. The number of hydrogen-bond acceptors (Lipinski definition) is 3. The average Bonchev–Trinajstić information content (AvgIpc) is 3.12. The van der Waals surface area contributed by atoms with Gasteiger partial charge in [0.05, 0.1) is 23.8 Å². The van der Waals surface area contributed by atoms with Crippen molar-refractivity contribution in [3.05, 3.63) is 24.3 Å². The summed E-state index contributed by atoms with van der Waals surface area (Å²) in [5, 5.41) is 2.91. The van der Waals surface area contributed by atoms with Crippen molar-refractivity contribution in [2.75, 3.05) is 29.9 Å². The number of fused-ring (bicyclic) bond motifs is 1. The zero-order chi connectivity index (χ0) is 19.9. The highest BCUT2D eigenvalue weighted by Crippen LogP contribution is 2.45. The van der Waals surface area contributed by atoms with Crippen LogP contribution in [0.2, 0.25) is 0 Å². The highest BCUT2D eigenvalue weighted by Gasteiger charge is 2.52. The maximum Gasteiger partial charge on any atom is 0.393 e.